The molecule has 0 saturated carbocycles. The lowest BCUT2D eigenvalue weighted by molar-refractivity contribution is -0.385. The van der Waals surface area contributed by atoms with Gasteiger partial charge in [-0.3, -0.25) is 24.6 Å². The van der Waals surface area contributed by atoms with Gasteiger partial charge in [-0.2, -0.15) is 0 Å². The Labute approximate surface area is 133 Å². The standard InChI is InChI=1S/C15H9BrN2O4/c16-10-6-5-9(13(7-10)18(21)22)8-17-14(19)11-3-1-2-4-12(11)15(17)20/h1-7H,8H2. The summed E-state index contributed by atoms with van der Waals surface area (Å²) in [5, 5.41) is 11.1. The van der Waals surface area contributed by atoms with Gasteiger partial charge in [-0.15, -0.1) is 0 Å². The van der Waals surface area contributed by atoms with E-state index in [1.807, 2.05) is 0 Å². The molecule has 1 aliphatic heterocycles. The van der Waals surface area contributed by atoms with Crippen LogP contribution in [0.4, 0.5) is 5.69 Å². The van der Waals surface area contributed by atoms with Gasteiger partial charge < -0.3 is 0 Å². The minimum absolute atomic E-state index is 0.129. The van der Waals surface area contributed by atoms with Crippen LogP contribution in [0.1, 0.15) is 26.3 Å². The van der Waals surface area contributed by atoms with Gasteiger partial charge in [-0.25, -0.2) is 0 Å². The van der Waals surface area contributed by atoms with Crippen molar-refractivity contribution < 1.29 is 14.5 Å². The van der Waals surface area contributed by atoms with Crippen LogP contribution in [0.2, 0.25) is 0 Å². The summed E-state index contributed by atoms with van der Waals surface area (Å²) >= 11 is 3.17. The number of carbonyl (C=O) groups is 2. The Morgan fingerprint density at radius 3 is 2.18 bits per heavy atom. The molecule has 22 heavy (non-hydrogen) atoms. The Kier molecular flexibility index (Phi) is 3.50. The number of imide groups is 1. The first kappa shape index (κ1) is 14.4. The third-order valence-electron chi connectivity index (χ3n) is 3.45. The maximum absolute atomic E-state index is 12.3. The highest BCUT2D eigenvalue weighted by molar-refractivity contribution is 9.10. The number of rotatable bonds is 3. The van der Waals surface area contributed by atoms with E-state index >= 15 is 0 Å². The number of hydrogen-bond acceptors (Lipinski definition) is 4. The lowest BCUT2D eigenvalue weighted by Crippen LogP contribution is -2.29. The van der Waals surface area contributed by atoms with Crippen LogP contribution in [-0.2, 0) is 6.54 Å². The Bertz CT molecular complexity index is 784. The third-order valence-corrected chi connectivity index (χ3v) is 3.94. The summed E-state index contributed by atoms with van der Waals surface area (Å²) in [6, 6.07) is 11.0. The van der Waals surface area contributed by atoms with Crippen molar-refractivity contribution in [2.45, 2.75) is 6.54 Å². The molecule has 2 aromatic carbocycles. The number of fused-ring (bicyclic) bond motifs is 1. The van der Waals surface area contributed by atoms with E-state index in [2.05, 4.69) is 15.9 Å². The summed E-state index contributed by atoms with van der Waals surface area (Å²) in [5.74, 6) is -0.865. The van der Waals surface area contributed by atoms with Crippen LogP contribution < -0.4 is 0 Å². The van der Waals surface area contributed by atoms with Crippen LogP contribution in [0.25, 0.3) is 0 Å². The number of amides is 2. The molecule has 1 heterocycles. The maximum Gasteiger partial charge on any atom is 0.275 e. The predicted octanol–water partition coefficient (Wildman–Crippen LogP) is 3.15. The van der Waals surface area contributed by atoms with Gasteiger partial charge in [-0.05, 0) is 24.3 Å². The van der Waals surface area contributed by atoms with Gasteiger partial charge in [0.1, 0.15) is 0 Å². The zero-order valence-corrected chi connectivity index (χ0v) is 12.7. The molecule has 2 amide bonds. The van der Waals surface area contributed by atoms with Crippen molar-refractivity contribution in [3.05, 3.63) is 73.7 Å². The molecule has 2 aromatic rings. The molecule has 0 radical (unpaired) electrons. The molecule has 0 unspecified atom stereocenters. The molecule has 0 aromatic heterocycles. The van der Waals surface area contributed by atoms with Crippen LogP contribution in [0.15, 0.2) is 46.9 Å². The summed E-state index contributed by atoms with van der Waals surface area (Å²) < 4.78 is 0.560. The van der Waals surface area contributed by atoms with E-state index in [0.717, 1.165) is 4.90 Å². The molecular formula is C15H9BrN2O4. The van der Waals surface area contributed by atoms with E-state index in [1.54, 1.807) is 30.3 Å². The zero-order chi connectivity index (χ0) is 15.9. The second-order valence-corrected chi connectivity index (χ2v) is 5.69. The van der Waals surface area contributed by atoms with Gasteiger partial charge in [0.2, 0.25) is 0 Å². The normalized spacial score (nSPS) is 13.4. The van der Waals surface area contributed by atoms with Gasteiger partial charge >= 0.3 is 0 Å². The SMILES string of the molecule is O=C1c2ccccc2C(=O)N1Cc1ccc(Br)cc1[N+](=O)[O-]. The number of hydrogen-bond donors (Lipinski definition) is 0. The summed E-state index contributed by atoms with van der Waals surface area (Å²) in [7, 11) is 0. The smallest absolute Gasteiger partial charge is 0.270 e. The second kappa shape index (κ2) is 5.34. The van der Waals surface area contributed by atoms with Crippen molar-refractivity contribution in [1.82, 2.24) is 4.90 Å². The van der Waals surface area contributed by atoms with E-state index in [4.69, 9.17) is 0 Å². The number of nitro groups is 1. The topological polar surface area (TPSA) is 80.5 Å². The fourth-order valence-electron chi connectivity index (χ4n) is 2.39. The molecule has 6 nitrogen and oxygen atoms in total. The highest BCUT2D eigenvalue weighted by atomic mass is 79.9. The molecule has 0 N–H and O–H groups in total. The van der Waals surface area contributed by atoms with Crippen LogP contribution in [-0.4, -0.2) is 21.6 Å². The number of carbonyl (C=O) groups excluding carboxylic acids is 2. The fraction of sp³-hybridized carbons (Fsp3) is 0.0667. The van der Waals surface area contributed by atoms with Gasteiger partial charge in [-0.1, -0.05) is 28.1 Å². The quantitative estimate of drug-likeness (QED) is 0.478. The predicted molar refractivity (Wildman–Crippen MR) is 81.4 cm³/mol. The minimum atomic E-state index is -0.530. The van der Waals surface area contributed by atoms with Crippen molar-refractivity contribution in [3.8, 4) is 0 Å². The highest BCUT2D eigenvalue weighted by Crippen LogP contribution is 2.29. The number of benzene rings is 2. The van der Waals surface area contributed by atoms with E-state index in [0.29, 0.717) is 21.2 Å². The minimum Gasteiger partial charge on any atom is -0.270 e. The first-order chi connectivity index (χ1) is 10.5. The first-order valence-corrected chi connectivity index (χ1v) is 7.16. The lowest BCUT2D eigenvalue weighted by atomic mass is 10.1. The van der Waals surface area contributed by atoms with Gasteiger partial charge in [0.15, 0.2) is 0 Å². The molecule has 0 fully saturated rings. The molecule has 110 valence electrons. The molecule has 1 aliphatic rings. The summed E-state index contributed by atoms with van der Waals surface area (Å²) in [6.07, 6.45) is 0. The lowest BCUT2D eigenvalue weighted by Gasteiger charge is -2.14. The van der Waals surface area contributed by atoms with Crippen LogP contribution in [0.3, 0.4) is 0 Å². The van der Waals surface area contributed by atoms with Gasteiger partial charge in [0.25, 0.3) is 17.5 Å². The number of nitro benzene ring substituents is 1. The molecule has 0 aliphatic carbocycles. The summed E-state index contributed by atoms with van der Waals surface area (Å²) in [4.78, 5) is 36.2. The van der Waals surface area contributed by atoms with Gasteiger partial charge in [0, 0.05) is 16.1 Å². The molecule has 0 bridgehead atoms. The molecule has 0 spiro atoms. The Balaban J connectivity index is 1.98. The third kappa shape index (κ3) is 2.29. The molecule has 3 rings (SSSR count). The molecule has 0 atom stereocenters. The van der Waals surface area contributed by atoms with E-state index < -0.39 is 16.7 Å². The van der Waals surface area contributed by atoms with E-state index in [9.17, 15) is 19.7 Å². The largest absolute Gasteiger partial charge is 0.275 e. The molecular weight excluding hydrogens is 352 g/mol. The number of nitrogens with zero attached hydrogens (tertiary/aromatic N) is 2. The summed E-state index contributed by atoms with van der Waals surface area (Å²) in [5.41, 5.74) is 0.827. The van der Waals surface area contributed by atoms with Gasteiger partial charge in [0.05, 0.1) is 22.6 Å². The van der Waals surface area contributed by atoms with Crippen LogP contribution >= 0.6 is 15.9 Å². The fourth-order valence-corrected chi connectivity index (χ4v) is 2.74. The van der Waals surface area contributed by atoms with Crippen molar-refractivity contribution >= 4 is 33.4 Å². The van der Waals surface area contributed by atoms with Crippen molar-refractivity contribution in [2.75, 3.05) is 0 Å². The van der Waals surface area contributed by atoms with E-state index in [-0.39, 0.29) is 12.2 Å². The highest BCUT2D eigenvalue weighted by Gasteiger charge is 2.36. The Morgan fingerprint density at radius 2 is 1.64 bits per heavy atom. The Morgan fingerprint density at radius 1 is 1.05 bits per heavy atom. The first-order valence-electron chi connectivity index (χ1n) is 6.37. The molecule has 7 heteroatoms. The maximum atomic E-state index is 12.3. The molecule has 0 saturated heterocycles. The van der Waals surface area contributed by atoms with Crippen LogP contribution in [0, 0.1) is 10.1 Å². The Hall–Kier alpha value is -2.54. The van der Waals surface area contributed by atoms with Crippen molar-refractivity contribution in [2.24, 2.45) is 0 Å². The summed E-state index contributed by atoms with van der Waals surface area (Å²) in [6.45, 7) is -0.129. The average Bonchev–Trinajstić information content (AvgIpc) is 2.74. The number of halogens is 1. The van der Waals surface area contributed by atoms with Crippen molar-refractivity contribution in [3.63, 3.8) is 0 Å². The van der Waals surface area contributed by atoms with Crippen LogP contribution in [0.5, 0.6) is 0 Å². The van der Waals surface area contributed by atoms with E-state index in [1.165, 1.54) is 12.1 Å². The zero-order valence-electron chi connectivity index (χ0n) is 11.2. The van der Waals surface area contributed by atoms with Crippen molar-refractivity contribution in [1.29, 1.82) is 0 Å². The second-order valence-electron chi connectivity index (χ2n) is 4.77. The monoisotopic (exact) mass is 360 g/mol. The average molecular weight is 361 g/mol.